The van der Waals surface area contributed by atoms with Crippen LogP contribution >= 0.6 is 0 Å². The van der Waals surface area contributed by atoms with Crippen LogP contribution in [0.5, 0.6) is 5.75 Å². The highest BCUT2D eigenvalue weighted by Gasteiger charge is 2.06. The summed E-state index contributed by atoms with van der Waals surface area (Å²) >= 11 is 0. The third-order valence-electron chi connectivity index (χ3n) is 2.31. The molecule has 5 heteroatoms. The molecule has 0 atom stereocenters. The Morgan fingerprint density at radius 2 is 2.17 bits per heavy atom. The summed E-state index contributed by atoms with van der Waals surface area (Å²) in [6.07, 6.45) is 0. The molecule has 100 valence electrons. The molecule has 1 amide bonds. The molecule has 0 spiro atoms. The second kappa shape index (κ2) is 6.83. The van der Waals surface area contributed by atoms with Gasteiger partial charge in [0.1, 0.15) is 11.6 Å². The smallest absolute Gasteiger partial charge is 0.239 e. The number of carbonyl (C=O) groups is 1. The molecule has 1 aromatic rings. The molecule has 0 aromatic heterocycles. The maximum absolute atomic E-state index is 13.0. The van der Waals surface area contributed by atoms with Crippen LogP contribution < -0.4 is 15.4 Å². The lowest BCUT2D eigenvalue weighted by molar-refractivity contribution is -0.119. The molecule has 0 bridgehead atoms. The van der Waals surface area contributed by atoms with Crippen molar-refractivity contribution < 1.29 is 13.9 Å². The summed E-state index contributed by atoms with van der Waals surface area (Å²) in [5.74, 6) is 0.317. The van der Waals surface area contributed by atoms with Gasteiger partial charge in [-0.2, -0.15) is 0 Å². The van der Waals surface area contributed by atoms with E-state index in [2.05, 4.69) is 10.6 Å². The van der Waals surface area contributed by atoms with Gasteiger partial charge in [0.2, 0.25) is 5.91 Å². The Bertz CT molecular complexity index is 408. The van der Waals surface area contributed by atoms with Gasteiger partial charge >= 0.3 is 0 Å². The van der Waals surface area contributed by atoms with Crippen molar-refractivity contribution in [3.63, 3.8) is 0 Å². The molecule has 0 heterocycles. The molecule has 0 radical (unpaired) electrons. The van der Waals surface area contributed by atoms with Crippen molar-refractivity contribution in [2.45, 2.75) is 13.8 Å². The lowest BCUT2D eigenvalue weighted by Gasteiger charge is -2.12. The summed E-state index contributed by atoms with van der Waals surface area (Å²) < 4.78 is 18.0. The third-order valence-corrected chi connectivity index (χ3v) is 2.31. The Morgan fingerprint density at radius 1 is 1.44 bits per heavy atom. The van der Waals surface area contributed by atoms with E-state index in [4.69, 9.17) is 4.74 Å². The highest BCUT2D eigenvalue weighted by molar-refractivity contribution is 5.81. The van der Waals surface area contributed by atoms with Crippen molar-refractivity contribution in [1.29, 1.82) is 0 Å². The zero-order valence-electron chi connectivity index (χ0n) is 10.9. The summed E-state index contributed by atoms with van der Waals surface area (Å²) in [6.45, 7) is 4.82. The molecule has 2 N–H and O–H groups in total. The summed E-state index contributed by atoms with van der Waals surface area (Å²) in [5.41, 5.74) is 0.596. The average Bonchev–Trinajstić information content (AvgIpc) is 2.34. The van der Waals surface area contributed by atoms with Gasteiger partial charge in [0.25, 0.3) is 0 Å². The maximum Gasteiger partial charge on any atom is 0.239 e. The summed E-state index contributed by atoms with van der Waals surface area (Å²) in [5, 5.41) is 5.70. The van der Waals surface area contributed by atoms with Gasteiger partial charge in [0, 0.05) is 12.6 Å². The minimum Gasteiger partial charge on any atom is -0.494 e. The van der Waals surface area contributed by atoms with E-state index in [-0.39, 0.29) is 18.3 Å². The monoisotopic (exact) mass is 254 g/mol. The van der Waals surface area contributed by atoms with Gasteiger partial charge in [0.05, 0.1) is 19.3 Å². The van der Waals surface area contributed by atoms with Crippen molar-refractivity contribution in [1.82, 2.24) is 5.32 Å². The van der Waals surface area contributed by atoms with E-state index in [1.54, 1.807) is 6.07 Å². The Hall–Kier alpha value is -1.78. The molecule has 0 aliphatic carbocycles. The molecule has 0 fully saturated rings. The second-order valence-electron chi connectivity index (χ2n) is 4.40. The number of halogens is 1. The van der Waals surface area contributed by atoms with Crippen LogP contribution in [-0.2, 0) is 4.79 Å². The normalized spacial score (nSPS) is 10.3. The molecular formula is C13H19FN2O2. The summed E-state index contributed by atoms with van der Waals surface area (Å²) in [6, 6.07) is 4.13. The number of hydrogen-bond donors (Lipinski definition) is 2. The van der Waals surface area contributed by atoms with Crippen LogP contribution in [0.2, 0.25) is 0 Å². The Balaban J connectivity index is 2.50. The number of ether oxygens (including phenoxy) is 1. The highest BCUT2D eigenvalue weighted by Crippen LogP contribution is 2.24. The third kappa shape index (κ3) is 4.61. The van der Waals surface area contributed by atoms with Gasteiger partial charge in [-0.15, -0.1) is 0 Å². The van der Waals surface area contributed by atoms with Crippen molar-refractivity contribution in [2.75, 3.05) is 25.5 Å². The zero-order chi connectivity index (χ0) is 13.5. The second-order valence-corrected chi connectivity index (χ2v) is 4.40. The van der Waals surface area contributed by atoms with Gasteiger partial charge in [0.15, 0.2) is 0 Å². The standard InChI is InChI=1S/C13H19FN2O2/c1-9(2)7-16-13(17)8-15-11-5-4-10(14)6-12(11)18-3/h4-6,9,15H,7-8H2,1-3H3,(H,16,17). The molecule has 1 rings (SSSR count). The molecule has 0 saturated carbocycles. The minimum absolute atomic E-state index is 0.102. The zero-order valence-corrected chi connectivity index (χ0v) is 10.9. The van der Waals surface area contributed by atoms with Gasteiger partial charge in [-0.1, -0.05) is 13.8 Å². The fourth-order valence-corrected chi connectivity index (χ4v) is 1.37. The fourth-order valence-electron chi connectivity index (χ4n) is 1.37. The predicted molar refractivity (Wildman–Crippen MR) is 69.3 cm³/mol. The topological polar surface area (TPSA) is 50.4 Å². The number of nitrogens with one attached hydrogen (secondary N) is 2. The first-order valence-corrected chi connectivity index (χ1v) is 5.87. The minimum atomic E-state index is -0.373. The summed E-state index contributed by atoms with van der Waals surface area (Å²) in [7, 11) is 1.46. The fraction of sp³-hybridized carbons (Fsp3) is 0.462. The van der Waals surface area contributed by atoms with Crippen LogP contribution in [0.25, 0.3) is 0 Å². The Kier molecular flexibility index (Phi) is 5.42. The van der Waals surface area contributed by atoms with Crippen molar-refractivity contribution >= 4 is 11.6 Å². The van der Waals surface area contributed by atoms with Gasteiger partial charge in [-0.25, -0.2) is 4.39 Å². The number of hydrogen-bond acceptors (Lipinski definition) is 3. The molecule has 0 aliphatic heterocycles. The molecule has 0 saturated heterocycles. The molecule has 4 nitrogen and oxygen atoms in total. The van der Waals surface area contributed by atoms with Crippen LogP contribution in [0, 0.1) is 11.7 Å². The first-order chi connectivity index (χ1) is 8.52. The number of methoxy groups -OCH3 is 1. The van der Waals surface area contributed by atoms with Crippen molar-refractivity contribution in [2.24, 2.45) is 5.92 Å². The lowest BCUT2D eigenvalue weighted by Crippen LogP contribution is -2.32. The van der Waals surface area contributed by atoms with Crippen LogP contribution in [-0.4, -0.2) is 26.1 Å². The number of carbonyl (C=O) groups excluding carboxylic acids is 1. The number of amides is 1. The van der Waals surface area contributed by atoms with Crippen molar-refractivity contribution in [3.8, 4) is 5.75 Å². The van der Waals surface area contributed by atoms with Gasteiger partial charge in [-0.05, 0) is 18.1 Å². The van der Waals surface area contributed by atoms with E-state index in [1.165, 1.54) is 19.2 Å². The largest absolute Gasteiger partial charge is 0.494 e. The highest BCUT2D eigenvalue weighted by atomic mass is 19.1. The number of anilines is 1. The average molecular weight is 254 g/mol. The van der Waals surface area contributed by atoms with E-state index in [0.717, 1.165) is 0 Å². The van der Waals surface area contributed by atoms with E-state index >= 15 is 0 Å². The molecule has 0 aliphatic rings. The summed E-state index contributed by atoms with van der Waals surface area (Å²) in [4.78, 5) is 11.5. The molecule has 18 heavy (non-hydrogen) atoms. The van der Waals surface area contributed by atoms with Gasteiger partial charge < -0.3 is 15.4 Å². The van der Waals surface area contributed by atoms with Crippen LogP contribution in [0.15, 0.2) is 18.2 Å². The Morgan fingerprint density at radius 3 is 2.78 bits per heavy atom. The molecular weight excluding hydrogens is 235 g/mol. The van der Waals surface area contributed by atoms with Crippen LogP contribution in [0.4, 0.5) is 10.1 Å². The van der Waals surface area contributed by atoms with Crippen LogP contribution in [0.3, 0.4) is 0 Å². The number of benzene rings is 1. The number of rotatable bonds is 6. The maximum atomic E-state index is 13.0. The van der Waals surface area contributed by atoms with E-state index in [0.29, 0.717) is 23.9 Å². The Labute approximate surface area is 107 Å². The van der Waals surface area contributed by atoms with E-state index in [1.807, 2.05) is 13.8 Å². The van der Waals surface area contributed by atoms with E-state index in [9.17, 15) is 9.18 Å². The van der Waals surface area contributed by atoms with E-state index < -0.39 is 0 Å². The first kappa shape index (κ1) is 14.3. The van der Waals surface area contributed by atoms with Crippen LogP contribution in [0.1, 0.15) is 13.8 Å². The van der Waals surface area contributed by atoms with Gasteiger partial charge in [-0.3, -0.25) is 4.79 Å². The lowest BCUT2D eigenvalue weighted by atomic mass is 10.2. The molecule has 0 unspecified atom stereocenters. The molecule has 1 aromatic carbocycles. The SMILES string of the molecule is COc1cc(F)ccc1NCC(=O)NCC(C)C. The quantitative estimate of drug-likeness (QED) is 0.816. The first-order valence-electron chi connectivity index (χ1n) is 5.87. The predicted octanol–water partition coefficient (Wildman–Crippen LogP) is 2.02. The van der Waals surface area contributed by atoms with Crippen molar-refractivity contribution in [3.05, 3.63) is 24.0 Å².